The van der Waals surface area contributed by atoms with Crippen molar-refractivity contribution in [1.29, 1.82) is 5.41 Å². The van der Waals surface area contributed by atoms with Crippen LogP contribution in [-0.4, -0.2) is 44.7 Å². The van der Waals surface area contributed by atoms with E-state index >= 15 is 0 Å². The van der Waals surface area contributed by atoms with Gasteiger partial charge in [-0.2, -0.15) is 0 Å². The minimum Gasteiger partial charge on any atom is -0.360 e. The zero-order valence-electron chi connectivity index (χ0n) is 16.5. The Hall–Kier alpha value is -4.13. The van der Waals surface area contributed by atoms with Gasteiger partial charge in [0.25, 0.3) is 0 Å². The number of aromatic amines is 3. The molecule has 6 aromatic rings. The molecule has 2 aromatic carbocycles. The molecule has 0 unspecified atom stereocenters. The summed E-state index contributed by atoms with van der Waals surface area (Å²) >= 11 is 0. The van der Waals surface area contributed by atoms with Gasteiger partial charge in [0.2, 0.25) is 5.95 Å². The molecule has 6 rings (SSSR count). The maximum absolute atomic E-state index is 9.02. The van der Waals surface area contributed by atoms with Crippen LogP contribution in [0.5, 0.6) is 0 Å². The molecular weight excluding hydrogens is 374 g/mol. The Labute approximate surface area is 171 Å². The van der Waals surface area contributed by atoms with E-state index in [2.05, 4.69) is 21.0 Å². The number of hydrogen-bond donors (Lipinski definition) is 4. The Balaban J connectivity index is 1.70. The monoisotopic (exact) mass is 393 g/mol. The molecule has 0 radical (unpaired) electrons. The van der Waals surface area contributed by atoms with Gasteiger partial charge in [-0.25, -0.2) is 9.97 Å². The molecule has 0 bridgehead atoms. The second-order valence-electron chi connectivity index (χ2n) is 7.66. The van der Waals surface area contributed by atoms with Crippen LogP contribution < -0.4 is 4.90 Å². The molecule has 0 fully saturated rings. The van der Waals surface area contributed by atoms with Gasteiger partial charge in [-0.05, 0) is 12.1 Å². The van der Waals surface area contributed by atoms with E-state index in [0.29, 0.717) is 11.4 Å². The Morgan fingerprint density at radius 1 is 0.900 bits per heavy atom. The lowest BCUT2D eigenvalue weighted by atomic mass is 10.0. The van der Waals surface area contributed by atoms with Gasteiger partial charge in [0, 0.05) is 47.7 Å². The van der Waals surface area contributed by atoms with Crippen molar-refractivity contribution in [2.24, 2.45) is 0 Å². The van der Waals surface area contributed by atoms with E-state index in [1.807, 2.05) is 67.7 Å². The third-order valence-corrected chi connectivity index (χ3v) is 5.59. The second-order valence-corrected chi connectivity index (χ2v) is 7.66. The number of imidazole rings is 1. The minimum absolute atomic E-state index is 0.354. The zero-order valence-corrected chi connectivity index (χ0v) is 16.5. The first kappa shape index (κ1) is 16.8. The van der Waals surface area contributed by atoms with E-state index in [4.69, 9.17) is 15.4 Å². The number of benzene rings is 2. The van der Waals surface area contributed by atoms with Crippen molar-refractivity contribution in [2.75, 3.05) is 19.0 Å². The number of nitrogens with zero attached hydrogens (tertiary/aromatic N) is 3. The number of para-hydroxylation sites is 2. The molecule has 0 saturated carbocycles. The van der Waals surface area contributed by atoms with Crippen LogP contribution >= 0.6 is 0 Å². The van der Waals surface area contributed by atoms with Crippen LogP contribution in [0.15, 0.2) is 54.7 Å². The SMILES string of the molecule is CN(C)c1nc2c([nH]1)c(C(=N)c1c[nH]c3ccccc13)nc1[nH]c3ccccc3c12. The Kier molecular flexibility index (Phi) is 3.32. The van der Waals surface area contributed by atoms with Crippen molar-refractivity contribution < 1.29 is 0 Å². The summed E-state index contributed by atoms with van der Waals surface area (Å²) in [5.74, 6) is 0.734. The summed E-state index contributed by atoms with van der Waals surface area (Å²) in [6.07, 6.45) is 1.87. The van der Waals surface area contributed by atoms with Crippen LogP contribution in [0.3, 0.4) is 0 Å². The van der Waals surface area contributed by atoms with Gasteiger partial charge >= 0.3 is 0 Å². The largest absolute Gasteiger partial charge is 0.360 e. The minimum atomic E-state index is 0.354. The summed E-state index contributed by atoms with van der Waals surface area (Å²) in [7, 11) is 3.89. The van der Waals surface area contributed by atoms with Crippen LogP contribution in [0.25, 0.3) is 43.9 Å². The summed E-state index contributed by atoms with van der Waals surface area (Å²) in [5.41, 5.74) is 6.08. The van der Waals surface area contributed by atoms with E-state index in [1.54, 1.807) is 0 Å². The highest BCUT2D eigenvalue weighted by atomic mass is 15.2. The lowest BCUT2D eigenvalue weighted by Gasteiger charge is -2.06. The molecule has 7 heteroatoms. The van der Waals surface area contributed by atoms with E-state index in [-0.39, 0.29) is 0 Å². The topological polar surface area (TPSA) is 100 Å². The molecule has 0 atom stereocenters. The Morgan fingerprint density at radius 2 is 1.63 bits per heavy atom. The smallest absolute Gasteiger partial charge is 0.203 e. The number of nitrogens with one attached hydrogen (secondary N) is 4. The van der Waals surface area contributed by atoms with Gasteiger partial charge in [0.15, 0.2) is 0 Å². The summed E-state index contributed by atoms with van der Waals surface area (Å²) in [4.78, 5) is 21.7. The molecule has 4 aromatic heterocycles. The van der Waals surface area contributed by atoms with Crippen molar-refractivity contribution in [3.63, 3.8) is 0 Å². The maximum Gasteiger partial charge on any atom is 0.203 e. The quantitative estimate of drug-likeness (QED) is 0.332. The van der Waals surface area contributed by atoms with Gasteiger partial charge in [-0.15, -0.1) is 0 Å². The first-order chi connectivity index (χ1) is 14.6. The average Bonchev–Trinajstić information content (AvgIpc) is 3.46. The molecule has 0 saturated heterocycles. The van der Waals surface area contributed by atoms with Crippen LogP contribution in [0.1, 0.15) is 11.3 Å². The summed E-state index contributed by atoms with van der Waals surface area (Å²) in [5, 5.41) is 12.1. The summed E-state index contributed by atoms with van der Waals surface area (Å²) < 4.78 is 0. The normalized spacial score (nSPS) is 11.8. The first-order valence-electron chi connectivity index (χ1n) is 9.74. The molecule has 4 N–H and O–H groups in total. The molecule has 146 valence electrons. The number of H-pyrrole nitrogens is 3. The van der Waals surface area contributed by atoms with Crippen molar-refractivity contribution in [3.05, 3.63) is 66.0 Å². The van der Waals surface area contributed by atoms with E-state index in [9.17, 15) is 0 Å². The van der Waals surface area contributed by atoms with Crippen LogP contribution in [0.2, 0.25) is 0 Å². The predicted octanol–water partition coefficient (Wildman–Crippen LogP) is 4.56. The van der Waals surface area contributed by atoms with Crippen LogP contribution in [-0.2, 0) is 0 Å². The third kappa shape index (κ3) is 2.23. The summed E-state index contributed by atoms with van der Waals surface area (Å²) in [6, 6.07) is 16.1. The molecule has 0 aliphatic heterocycles. The van der Waals surface area contributed by atoms with Gasteiger partial charge in [-0.1, -0.05) is 36.4 Å². The lowest BCUT2D eigenvalue weighted by molar-refractivity contribution is 1.05. The van der Waals surface area contributed by atoms with Crippen LogP contribution in [0, 0.1) is 5.41 Å². The zero-order chi connectivity index (χ0) is 20.4. The molecule has 4 heterocycles. The van der Waals surface area contributed by atoms with E-state index < -0.39 is 0 Å². The van der Waals surface area contributed by atoms with Gasteiger partial charge < -0.3 is 19.9 Å². The van der Waals surface area contributed by atoms with Crippen molar-refractivity contribution >= 4 is 55.5 Å². The average molecular weight is 393 g/mol. The Morgan fingerprint density at radius 3 is 2.43 bits per heavy atom. The molecule has 7 nitrogen and oxygen atoms in total. The molecule has 0 aliphatic rings. The molecule has 30 heavy (non-hydrogen) atoms. The first-order valence-corrected chi connectivity index (χ1v) is 9.74. The van der Waals surface area contributed by atoms with Gasteiger partial charge in [0.05, 0.1) is 16.6 Å². The number of hydrogen-bond acceptors (Lipinski definition) is 4. The lowest BCUT2D eigenvalue weighted by Crippen LogP contribution is -2.10. The fraction of sp³-hybridized carbons (Fsp3) is 0.0870. The predicted molar refractivity (Wildman–Crippen MR) is 122 cm³/mol. The highest BCUT2D eigenvalue weighted by molar-refractivity contribution is 6.26. The molecule has 0 spiro atoms. The number of aromatic nitrogens is 5. The second kappa shape index (κ2) is 5.93. The summed E-state index contributed by atoms with van der Waals surface area (Å²) in [6.45, 7) is 0. The number of pyridine rings is 1. The fourth-order valence-corrected chi connectivity index (χ4v) is 4.13. The van der Waals surface area contributed by atoms with E-state index in [0.717, 1.165) is 55.4 Å². The highest BCUT2D eigenvalue weighted by Gasteiger charge is 2.22. The highest BCUT2D eigenvalue weighted by Crippen LogP contribution is 2.33. The number of anilines is 1. The standard InChI is InChI=1S/C23H19N7/c1-30(2)23-28-19-17-13-8-4-6-10-16(13)26-22(17)27-20(21(19)29-23)18(24)14-11-25-15-9-5-3-7-12(14)15/h3-11,24-25H,1-2H3,(H,26,27)(H,28,29). The number of rotatable bonds is 3. The van der Waals surface area contributed by atoms with Crippen molar-refractivity contribution in [1.82, 2.24) is 24.9 Å². The maximum atomic E-state index is 9.02. The van der Waals surface area contributed by atoms with Gasteiger partial charge in [-0.3, -0.25) is 5.41 Å². The fourth-order valence-electron chi connectivity index (χ4n) is 4.13. The van der Waals surface area contributed by atoms with Crippen LogP contribution in [0.4, 0.5) is 5.95 Å². The molecular formula is C23H19N7. The van der Waals surface area contributed by atoms with Crippen molar-refractivity contribution in [2.45, 2.75) is 0 Å². The molecule has 0 amide bonds. The third-order valence-electron chi connectivity index (χ3n) is 5.59. The Bertz CT molecular complexity index is 1600. The molecule has 0 aliphatic carbocycles. The van der Waals surface area contributed by atoms with Gasteiger partial charge in [0.1, 0.15) is 16.9 Å². The number of fused-ring (bicyclic) bond motifs is 6. The van der Waals surface area contributed by atoms with Crippen molar-refractivity contribution in [3.8, 4) is 0 Å². The van der Waals surface area contributed by atoms with E-state index in [1.165, 1.54) is 0 Å².